The fraction of sp³-hybridized carbons (Fsp3) is 0.214. The van der Waals surface area contributed by atoms with Crippen LogP contribution < -0.4 is 10.1 Å². The Labute approximate surface area is 215 Å². The van der Waals surface area contributed by atoms with E-state index in [-0.39, 0.29) is 5.95 Å². The maximum absolute atomic E-state index is 12.9. The maximum Gasteiger partial charge on any atom is 0.338 e. The van der Waals surface area contributed by atoms with Gasteiger partial charge in [0.15, 0.2) is 5.60 Å². The van der Waals surface area contributed by atoms with Crippen LogP contribution in [0, 0.1) is 0 Å². The number of carbonyl (C=O) groups excluding carboxylic acids is 1. The first-order chi connectivity index (χ1) is 18.0. The lowest BCUT2D eigenvalue weighted by atomic mass is 9.87. The number of hydrogen-bond donors (Lipinski definition) is 1. The fourth-order valence-electron chi connectivity index (χ4n) is 3.89. The highest BCUT2D eigenvalue weighted by Crippen LogP contribution is 2.35. The summed E-state index contributed by atoms with van der Waals surface area (Å²) in [5, 5.41) is 3.16. The number of nitrogens with one attached hydrogen (secondary N) is 1. The molecule has 1 aliphatic rings. The van der Waals surface area contributed by atoms with Gasteiger partial charge in [0.1, 0.15) is 17.6 Å². The number of allylic oxidation sites excluding steroid dienone is 1. The van der Waals surface area contributed by atoms with Crippen LogP contribution in [-0.4, -0.2) is 54.0 Å². The SMILES string of the molecule is COC1=CC(/C(=C\C(=O)Oc2ccccc2)Nc2nccc(-c3cccnc3)n2)=CC(OC)C1(C)OC. The van der Waals surface area contributed by atoms with E-state index in [9.17, 15) is 4.79 Å². The fourth-order valence-corrected chi connectivity index (χ4v) is 3.89. The second-order valence-corrected chi connectivity index (χ2v) is 8.23. The van der Waals surface area contributed by atoms with E-state index in [1.165, 1.54) is 6.08 Å². The lowest BCUT2D eigenvalue weighted by molar-refractivity contribution is -0.129. The Morgan fingerprint density at radius 2 is 1.86 bits per heavy atom. The molecule has 0 bridgehead atoms. The number of para-hydroxylation sites is 1. The molecule has 2 aromatic heterocycles. The third kappa shape index (κ3) is 5.91. The van der Waals surface area contributed by atoms with Crippen molar-refractivity contribution < 1.29 is 23.7 Å². The van der Waals surface area contributed by atoms with Crippen molar-refractivity contribution in [1.82, 2.24) is 15.0 Å². The number of esters is 1. The van der Waals surface area contributed by atoms with E-state index in [2.05, 4.69) is 20.3 Å². The van der Waals surface area contributed by atoms with Gasteiger partial charge < -0.3 is 24.3 Å². The molecule has 37 heavy (non-hydrogen) atoms. The van der Waals surface area contributed by atoms with Crippen molar-refractivity contribution in [1.29, 1.82) is 0 Å². The lowest BCUT2D eigenvalue weighted by Crippen LogP contribution is -2.45. The summed E-state index contributed by atoms with van der Waals surface area (Å²) in [6.07, 6.45) is 9.48. The van der Waals surface area contributed by atoms with E-state index in [4.69, 9.17) is 18.9 Å². The van der Waals surface area contributed by atoms with Gasteiger partial charge in [0.05, 0.1) is 18.5 Å². The van der Waals surface area contributed by atoms with Crippen LogP contribution >= 0.6 is 0 Å². The molecule has 2 unspecified atom stereocenters. The minimum absolute atomic E-state index is 0.280. The summed E-state index contributed by atoms with van der Waals surface area (Å²) < 4.78 is 22.6. The predicted octanol–water partition coefficient (Wildman–Crippen LogP) is 4.33. The monoisotopic (exact) mass is 500 g/mol. The van der Waals surface area contributed by atoms with Crippen LogP contribution in [-0.2, 0) is 19.0 Å². The molecule has 0 amide bonds. The molecule has 0 spiro atoms. The summed E-state index contributed by atoms with van der Waals surface area (Å²) in [5.74, 6) is 0.640. The minimum atomic E-state index is -0.862. The zero-order valence-corrected chi connectivity index (χ0v) is 21.0. The number of carbonyl (C=O) groups is 1. The van der Waals surface area contributed by atoms with Crippen molar-refractivity contribution in [3.63, 3.8) is 0 Å². The van der Waals surface area contributed by atoms with Crippen molar-refractivity contribution in [3.8, 4) is 17.0 Å². The van der Waals surface area contributed by atoms with Gasteiger partial charge in [-0.3, -0.25) is 4.98 Å². The van der Waals surface area contributed by atoms with E-state index in [0.29, 0.717) is 28.5 Å². The molecule has 9 nitrogen and oxygen atoms in total. The molecule has 4 rings (SSSR count). The standard InChI is InChI=1S/C28H28N4O5/c1-28(36-4)24(34-2)15-20(16-25(28)35-3)23(17-26(33)37-21-10-6-5-7-11-21)32-27-30-14-12-22(31-27)19-9-8-13-29-18-19/h5-18,24H,1-4H3,(H,30,31,32)/b23-17+. The maximum atomic E-state index is 12.9. The summed E-state index contributed by atoms with van der Waals surface area (Å²) in [6, 6.07) is 14.3. The largest absolute Gasteiger partial charge is 0.498 e. The molecule has 1 aromatic carbocycles. The molecule has 2 heterocycles. The number of pyridine rings is 1. The average Bonchev–Trinajstić information content (AvgIpc) is 2.94. The number of benzene rings is 1. The molecule has 2 atom stereocenters. The van der Waals surface area contributed by atoms with Gasteiger partial charge >= 0.3 is 5.97 Å². The third-order valence-electron chi connectivity index (χ3n) is 5.94. The smallest absolute Gasteiger partial charge is 0.338 e. The van der Waals surface area contributed by atoms with Crippen LogP contribution in [0.4, 0.5) is 5.95 Å². The second kappa shape index (κ2) is 11.6. The van der Waals surface area contributed by atoms with E-state index < -0.39 is 17.7 Å². The van der Waals surface area contributed by atoms with Crippen molar-refractivity contribution in [2.75, 3.05) is 26.6 Å². The Morgan fingerprint density at radius 3 is 2.54 bits per heavy atom. The number of nitrogens with zero attached hydrogens (tertiary/aromatic N) is 3. The number of anilines is 1. The van der Waals surface area contributed by atoms with Gasteiger partial charge in [-0.25, -0.2) is 14.8 Å². The highest BCUT2D eigenvalue weighted by molar-refractivity contribution is 5.86. The summed E-state index contributed by atoms with van der Waals surface area (Å²) in [4.78, 5) is 26.0. The first-order valence-electron chi connectivity index (χ1n) is 11.5. The Morgan fingerprint density at radius 1 is 1.05 bits per heavy atom. The average molecular weight is 501 g/mol. The van der Waals surface area contributed by atoms with Crippen LogP contribution in [0.15, 0.2) is 102 Å². The van der Waals surface area contributed by atoms with Crippen LogP contribution in [0.1, 0.15) is 6.92 Å². The van der Waals surface area contributed by atoms with Crippen LogP contribution in [0.2, 0.25) is 0 Å². The van der Waals surface area contributed by atoms with E-state index in [0.717, 1.165) is 5.56 Å². The summed E-state index contributed by atoms with van der Waals surface area (Å²) in [6.45, 7) is 1.87. The lowest BCUT2D eigenvalue weighted by Gasteiger charge is -2.38. The Hall–Kier alpha value is -4.34. The molecule has 0 aliphatic heterocycles. The van der Waals surface area contributed by atoms with E-state index in [1.54, 1.807) is 76.3 Å². The molecule has 3 aromatic rings. The van der Waals surface area contributed by atoms with Crippen LogP contribution in [0.25, 0.3) is 11.3 Å². The van der Waals surface area contributed by atoms with Crippen molar-refractivity contribution >= 4 is 11.9 Å². The first kappa shape index (κ1) is 25.7. The highest BCUT2D eigenvalue weighted by atomic mass is 16.6. The van der Waals surface area contributed by atoms with Crippen LogP contribution in [0.3, 0.4) is 0 Å². The molecular formula is C28H28N4O5. The normalized spacial score (nSPS) is 19.5. The molecule has 190 valence electrons. The number of hydrogen-bond acceptors (Lipinski definition) is 9. The van der Waals surface area contributed by atoms with Gasteiger partial charge in [-0.05, 0) is 49.4 Å². The zero-order chi connectivity index (χ0) is 26.3. The minimum Gasteiger partial charge on any atom is -0.498 e. The summed E-state index contributed by atoms with van der Waals surface area (Å²) >= 11 is 0. The number of methoxy groups -OCH3 is 3. The van der Waals surface area contributed by atoms with Gasteiger partial charge in [-0.1, -0.05) is 18.2 Å². The third-order valence-corrected chi connectivity index (χ3v) is 5.94. The Kier molecular flexibility index (Phi) is 8.07. The molecule has 0 saturated heterocycles. The van der Waals surface area contributed by atoms with Crippen LogP contribution in [0.5, 0.6) is 5.75 Å². The summed E-state index contributed by atoms with van der Waals surface area (Å²) in [5.41, 5.74) is 1.64. The molecule has 9 heteroatoms. The number of ether oxygens (including phenoxy) is 4. The number of aromatic nitrogens is 3. The number of rotatable bonds is 9. The topological polar surface area (TPSA) is 105 Å². The Balaban J connectivity index is 1.73. The highest BCUT2D eigenvalue weighted by Gasteiger charge is 2.42. The molecule has 1 N–H and O–H groups in total. The molecular weight excluding hydrogens is 472 g/mol. The van der Waals surface area contributed by atoms with Crippen molar-refractivity contribution in [2.45, 2.75) is 18.6 Å². The van der Waals surface area contributed by atoms with Gasteiger partial charge in [-0.2, -0.15) is 0 Å². The molecule has 0 saturated carbocycles. The quantitative estimate of drug-likeness (QED) is 0.261. The van der Waals surface area contributed by atoms with Crippen molar-refractivity contribution in [3.05, 3.63) is 102 Å². The van der Waals surface area contributed by atoms with E-state index >= 15 is 0 Å². The van der Waals surface area contributed by atoms with Gasteiger partial charge in [0.25, 0.3) is 0 Å². The zero-order valence-electron chi connectivity index (χ0n) is 21.0. The Bertz CT molecular complexity index is 1320. The van der Waals surface area contributed by atoms with Gasteiger partial charge in [-0.15, -0.1) is 0 Å². The molecule has 0 fully saturated rings. The van der Waals surface area contributed by atoms with Gasteiger partial charge in [0.2, 0.25) is 5.95 Å². The predicted molar refractivity (Wildman–Crippen MR) is 138 cm³/mol. The molecule has 1 aliphatic carbocycles. The second-order valence-electron chi connectivity index (χ2n) is 8.23. The van der Waals surface area contributed by atoms with Gasteiger partial charge in [0, 0.05) is 50.0 Å². The summed E-state index contributed by atoms with van der Waals surface area (Å²) in [7, 11) is 4.72. The van der Waals surface area contributed by atoms with E-state index in [1.807, 2.05) is 31.2 Å². The molecule has 0 radical (unpaired) electrons. The van der Waals surface area contributed by atoms with Crippen molar-refractivity contribution in [2.24, 2.45) is 0 Å². The first-order valence-corrected chi connectivity index (χ1v) is 11.5.